The van der Waals surface area contributed by atoms with Crippen LogP contribution in [0.25, 0.3) is 0 Å². The van der Waals surface area contributed by atoms with Crippen LogP contribution in [0.3, 0.4) is 0 Å². The second-order valence-electron chi connectivity index (χ2n) is 5.99. The first kappa shape index (κ1) is 19.6. The molecule has 0 bridgehead atoms. The van der Waals surface area contributed by atoms with E-state index in [-0.39, 0.29) is 10.8 Å². The maximum atomic E-state index is 13.1. The zero-order chi connectivity index (χ0) is 18.8. The lowest BCUT2D eigenvalue weighted by atomic mass is 9.96. The minimum Gasteiger partial charge on any atom is -0.258 e. The topological polar surface area (TPSA) is 80.5 Å². The van der Waals surface area contributed by atoms with Crippen LogP contribution >= 0.6 is 15.9 Å². The standard InChI is InChI=1S/C17H19BrN2O4S/c1-12(2)17(13-7-5-4-6-8-13)19(3)25(23,24)16-10-9-14(18)11-15(16)20(21)22/h4-12,17H,1-3H3. The van der Waals surface area contributed by atoms with Crippen molar-refractivity contribution in [2.75, 3.05) is 7.05 Å². The first-order valence-corrected chi connectivity index (χ1v) is 9.86. The van der Waals surface area contributed by atoms with Crippen molar-refractivity contribution < 1.29 is 13.3 Å². The van der Waals surface area contributed by atoms with E-state index >= 15 is 0 Å². The van der Waals surface area contributed by atoms with Crippen molar-refractivity contribution in [2.24, 2.45) is 5.92 Å². The van der Waals surface area contributed by atoms with Crippen molar-refractivity contribution in [3.05, 3.63) is 68.7 Å². The third-order valence-electron chi connectivity index (χ3n) is 3.94. The molecule has 0 aliphatic carbocycles. The maximum absolute atomic E-state index is 13.1. The van der Waals surface area contributed by atoms with Gasteiger partial charge in [-0.3, -0.25) is 10.1 Å². The Morgan fingerprint density at radius 1 is 1.12 bits per heavy atom. The number of sulfonamides is 1. The van der Waals surface area contributed by atoms with Gasteiger partial charge in [0.2, 0.25) is 10.0 Å². The summed E-state index contributed by atoms with van der Waals surface area (Å²) in [5.74, 6) is -0.0170. The highest BCUT2D eigenvalue weighted by atomic mass is 79.9. The second-order valence-corrected chi connectivity index (χ2v) is 8.87. The Morgan fingerprint density at radius 2 is 1.72 bits per heavy atom. The molecule has 0 N–H and O–H groups in total. The SMILES string of the molecule is CC(C)C(c1ccccc1)N(C)S(=O)(=O)c1ccc(Br)cc1[N+](=O)[O-]. The first-order valence-electron chi connectivity index (χ1n) is 7.63. The number of rotatable bonds is 6. The fourth-order valence-corrected chi connectivity index (χ4v) is 4.78. The van der Waals surface area contributed by atoms with Crippen molar-refractivity contribution in [1.82, 2.24) is 4.31 Å². The van der Waals surface area contributed by atoms with Crippen molar-refractivity contribution in [2.45, 2.75) is 24.8 Å². The van der Waals surface area contributed by atoms with Crippen LogP contribution in [0.1, 0.15) is 25.5 Å². The molecule has 6 nitrogen and oxygen atoms in total. The van der Waals surface area contributed by atoms with Gasteiger partial charge in [-0.1, -0.05) is 60.1 Å². The van der Waals surface area contributed by atoms with Gasteiger partial charge >= 0.3 is 0 Å². The van der Waals surface area contributed by atoms with Gasteiger partial charge in [-0.05, 0) is 23.6 Å². The predicted molar refractivity (Wildman–Crippen MR) is 99.8 cm³/mol. The van der Waals surface area contributed by atoms with Gasteiger partial charge in [0.25, 0.3) is 5.69 Å². The molecule has 1 atom stereocenters. The van der Waals surface area contributed by atoms with Crippen LogP contribution in [0, 0.1) is 16.0 Å². The molecule has 0 saturated heterocycles. The monoisotopic (exact) mass is 426 g/mol. The summed E-state index contributed by atoms with van der Waals surface area (Å²) in [5, 5.41) is 11.3. The average Bonchev–Trinajstić information content (AvgIpc) is 2.55. The van der Waals surface area contributed by atoms with E-state index in [1.54, 1.807) is 0 Å². The summed E-state index contributed by atoms with van der Waals surface area (Å²) >= 11 is 3.14. The quantitative estimate of drug-likeness (QED) is 0.506. The third kappa shape index (κ3) is 4.08. The first-order chi connectivity index (χ1) is 11.7. The lowest BCUT2D eigenvalue weighted by Gasteiger charge is -2.30. The third-order valence-corrected chi connectivity index (χ3v) is 6.32. The molecule has 0 fully saturated rings. The van der Waals surface area contributed by atoms with Crippen molar-refractivity contribution in [3.63, 3.8) is 0 Å². The molecule has 0 spiro atoms. The Bertz CT molecular complexity index is 869. The fourth-order valence-electron chi connectivity index (χ4n) is 2.82. The molecule has 0 aliphatic rings. The Morgan fingerprint density at radius 3 is 2.24 bits per heavy atom. The number of nitro benzene ring substituents is 1. The van der Waals surface area contributed by atoms with E-state index in [0.717, 1.165) is 5.56 Å². The highest BCUT2D eigenvalue weighted by Crippen LogP contribution is 2.35. The summed E-state index contributed by atoms with van der Waals surface area (Å²) in [7, 11) is -2.60. The summed E-state index contributed by atoms with van der Waals surface area (Å²) in [4.78, 5) is 10.3. The molecule has 2 aromatic rings. The van der Waals surface area contributed by atoms with Crippen LogP contribution in [-0.2, 0) is 10.0 Å². The van der Waals surface area contributed by atoms with E-state index in [1.165, 1.54) is 29.6 Å². The number of benzene rings is 2. The van der Waals surface area contributed by atoms with Crippen LogP contribution < -0.4 is 0 Å². The van der Waals surface area contributed by atoms with Gasteiger partial charge in [-0.15, -0.1) is 0 Å². The second kappa shape index (κ2) is 7.63. The van der Waals surface area contributed by atoms with Crippen molar-refractivity contribution in [3.8, 4) is 0 Å². The van der Waals surface area contributed by atoms with Gasteiger partial charge in [0.05, 0.1) is 11.0 Å². The van der Waals surface area contributed by atoms with Crippen LogP contribution in [0.15, 0.2) is 57.9 Å². The van der Waals surface area contributed by atoms with Gasteiger partial charge in [-0.2, -0.15) is 4.31 Å². The molecule has 8 heteroatoms. The summed E-state index contributed by atoms with van der Waals surface area (Å²) < 4.78 is 27.8. The van der Waals surface area contributed by atoms with Crippen molar-refractivity contribution in [1.29, 1.82) is 0 Å². The summed E-state index contributed by atoms with van der Waals surface area (Å²) in [5.41, 5.74) is 0.389. The van der Waals surface area contributed by atoms with E-state index in [2.05, 4.69) is 15.9 Å². The molecule has 0 heterocycles. The number of hydrogen-bond acceptors (Lipinski definition) is 4. The van der Waals surface area contributed by atoms with Crippen LogP contribution in [0.4, 0.5) is 5.69 Å². The predicted octanol–water partition coefficient (Wildman–Crippen LogP) is 4.38. The molecule has 2 aromatic carbocycles. The fraction of sp³-hybridized carbons (Fsp3) is 0.294. The number of nitro groups is 1. The van der Waals surface area contributed by atoms with Gasteiger partial charge < -0.3 is 0 Å². The Hall–Kier alpha value is -1.77. The van der Waals surface area contributed by atoms with E-state index in [9.17, 15) is 18.5 Å². The summed E-state index contributed by atoms with van der Waals surface area (Å²) in [6.45, 7) is 3.83. The van der Waals surface area contributed by atoms with Gasteiger partial charge in [-0.25, -0.2) is 8.42 Å². The molecule has 0 amide bonds. The largest absolute Gasteiger partial charge is 0.290 e. The van der Waals surface area contributed by atoms with Gasteiger partial charge in [0, 0.05) is 17.6 Å². The molecule has 0 aliphatic heterocycles. The molecule has 1 unspecified atom stereocenters. The van der Waals surface area contributed by atoms with Crippen LogP contribution in [0.2, 0.25) is 0 Å². The Kier molecular flexibility index (Phi) is 5.97. The highest BCUT2D eigenvalue weighted by molar-refractivity contribution is 9.10. The van der Waals surface area contributed by atoms with E-state index in [0.29, 0.717) is 4.47 Å². The zero-order valence-corrected chi connectivity index (χ0v) is 16.5. The Labute approximate surface area is 155 Å². The van der Waals surface area contributed by atoms with Crippen molar-refractivity contribution >= 4 is 31.6 Å². The van der Waals surface area contributed by atoms with Gasteiger partial charge in [0.1, 0.15) is 0 Å². The molecular formula is C17H19BrN2O4S. The van der Waals surface area contributed by atoms with E-state index in [4.69, 9.17) is 0 Å². The lowest BCUT2D eigenvalue weighted by molar-refractivity contribution is -0.387. The minimum atomic E-state index is -4.05. The summed E-state index contributed by atoms with van der Waals surface area (Å²) in [6, 6.07) is 12.8. The normalized spacial score (nSPS) is 13.2. The molecule has 0 aromatic heterocycles. The molecule has 2 rings (SSSR count). The van der Waals surface area contributed by atoms with E-state index < -0.39 is 26.7 Å². The highest BCUT2D eigenvalue weighted by Gasteiger charge is 2.35. The molecule has 0 radical (unpaired) electrons. The minimum absolute atomic E-state index is 0.0170. The molecule has 134 valence electrons. The lowest BCUT2D eigenvalue weighted by Crippen LogP contribution is -2.34. The van der Waals surface area contributed by atoms with Gasteiger partial charge in [0.15, 0.2) is 4.90 Å². The number of hydrogen-bond donors (Lipinski definition) is 0. The zero-order valence-electron chi connectivity index (χ0n) is 14.1. The maximum Gasteiger partial charge on any atom is 0.290 e. The number of nitrogens with zero attached hydrogens (tertiary/aromatic N) is 2. The summed E-state index contributed by atoms with van der Waals surface area (Å²) in [6.07, 6.45) is 0. The number of halogens is 1. The average molecular weight is 427 g/mol. The van der Waals surface area contributed by atoms with E-state index in [1.807, 2.05) is 44.2 Å². The Balaban J connectivity index is 2.57. The smallest absolute Gasteiger partial charge is 0.258 e. The van der Waals surface area contributed by atoms with Crippen LogP contribution in [0.5, 0.6) is 0 Å². The molecular weight excluding hydrogens is 408 g/mol. The molecule has 0 saturated carbocycles. The molecule has 25 heavy (non-hydrogen) atoms. The van der Waals surface area contributed by atoms with Crippen LogP contribution in [-0.4, -0.2) is 24.7 Å².